The van der Waals surface area contributed by atoms with E-state index in [1.807, 2.05) is 0 Å². The number of anilines is 1. The average molecular weight is 397 g/mol. The lowest BCUT2D eigenvalue weighted by molar-refractivity contribution is -0.113. The number of hydrogen-bond acceptors (Lipinski definition) is 6. The van der Waals surface area contributed by atoms with E-state index in [2.05, 4.69) is 36.3 Å². The molecule has 1 amide bonds. The molecule has 7 heteroatoms. The molecule has 2 bridgehead atoms. The quantitative estimate of drug-likeness (QED) is 0.608. The van der Waals surface area contributed by atoms with Crippen molar-refractivity contribution in [1.29, 1.82) is 0 Å². The highest BCUT2D eigenvalue weighted by Gasteiger charge is 2.61. The Bertz CT molecular complexity index is 975. The van der Waals surface area contributed by atoms with Gasteiger partial charge in [0.1, 0.15) is 0 Å². The highest BCUT2D eigenvalue weighted by molar-refractivity contribution is 7.99. The largest absolute Gasteiger partial charge is 0.325 e. The third-order valence-electron chi connectivity index (χ3n) is 6.66. The number of hydrogen-bond donors (Lipinski definition) is 1. The van der Waals surface area contributed by atoms with Gasteiger partial charge in [-0.25, -0.2) is 4.98 Å². The molecule has 0 spiro atoms. The lowest BCUT2D eigenvalue weighted by Gasteiger charge is -2.33. The van der Waals surface area contributed by atoms with Gasteiger partial charge < -0.3 is 5.32 Å². The van der Waals surface area contributed by atoms with Crippen molar-refractivity contribution in [3.05, 3.63) is 41.2 Å². The summed E-state index contributed by atoms with van der Waals surface area (Å²) in [6.07, 6.45) is 2.26. The number of thioether (sulfide) groups is 1. The second-order valence-electron chi connectivity index (χ2n) is 8.45. The first-order valence-corrected chi connectivity index (χ1v) is 10.5. The topological polar surface area (TPSA) is 84.8 Å². The molecular formula is C21H24N4O2S. The molecule has 1 N–H and O–H groups in total. The zero-order valence-corrected chi connectivity index (χ0v) is 17.4. The number of carbonyl (C=O) groups excluding carboxylic acids is 2. The highest BCUT2D eigenvalue weighted by Crippen LogP contribution is 2.66. The molecule has 0 radical (unpaired) electrons. The van der Waals surface area contributed by atoms with E-state index in [1.54, 1.807) is 24.3 Å². The summed E-state index contributed by atoms with van der Waals surface area (Å²) in [5.74, 6) is 0.411. The van der Waals surface area contributed by atoms with Crippen LogP contribution in [-0.4, -0.2) is 32.6 Å². The van der Waals surface area contributed by atoms with Crippen molar-refractivity contribution in [3.63, 3.8) is 0 Å². The molecule has 0 aliphatic heterocycles. The van der Waals surface area contributed by atoms with Crippen LogP contribution in [0.1, 0.15) is 68.2 Å². The SMILES string of the molecule is CC(=O)c1cccc(NC(=O)CSc2nnc3c(n2)[C@]2(C)CC[C@H]3C2(C)C)c1. The zero-order valence-electron chi connectivity index (χ0n) is 16.6. The molecule has 1 saturated carbocycles. The maximum Gasteiger partial charge on any atom is 0.234 e. The first kappa shape index (κ1) is 19.1. The van der Waals surface area contributed by atoms with Gasteiger partial charge in [-0.15, -0.1) is 5.10 Å². The number of amides is 1. The van der Waals surface area contributed by atoms with Gasteiger partial charge >= 0.3 is 0 Å². The van der Waals surface area contributed by atoms with E-state index < -0.39 is 0 Å². The fourth-order valence-corrected chi connectivity index (χ4v) is 5.15. The van der Waals surface area contributed by atoms with Gasteiger partial charge in [0.25, 0.3) is 0 Å². The second kappa shape index (κ2) is 6.65. The maximum atomic E-state index is 12.3. The minimum atomic E-state index is -0.164. The Labute approximate surface area is 168 Å². The standard InChI is InChI=1S/C21H24N4O2S/c1-12(26)13-6-5-7-14(10-13)22-16(27)11-28-19-23-18-17(24-25-19)15-8-9-21(18,4)20(15,2)3/h5-7,10,15H,8-9,11H2,1-4H3,(H,22,27)/t15-,21+/m1/s1. The lowest BCUT2D eigenvalue weighted by atomic mass is 9.70. The molecule has 146 valence electrons. The fraction of sp³-hybridized carbons (Fsp3) is 0.476. The number of nitrogens with one attached hydrogen (secondary N) is 1. The summed E-state index contributed by atoms with van der Waals surface area (Å²) in [5, 5.41) is 12.1. The fourth-order valence-electron chi connectivity index (χ4n) is 4.57. The second-order valence-corrected chi connectivity index (χ2v) is 9.39. The van der Waals surface area contributed by atoms with E-state index in [0.717, 1.165) is 24.2 Å². The van der Waals surface area contributed by atoms with E-state index in [-0.39, 0.29) is 28.3 Å². The van der Waals surface area contributed by atoms with Crippen LogP contribution in [0.15, 0.2) is 29.4 Å². The molecule has 2 aliphatic rings. The normalized spacial score (nSPS) is 24.1. The van der Waals surface area contributed by atoms with Crippen LogP contribution in [0.2, 0.25) is 0 Å². The van der Waals surface area contributed by atoms with E-state index >= 15 is 0 Å². The van der Waals surface area contributed by atoms with Gasteiger partial charge in [-0.05, 0) is 37.3 Å². The monoisotopic (exact) mass is 396 g/mol. The average Bonchev–Trinajstić information content (AvgIpc) is 2.99. The van der Waals surface area contributed by atoms with E-state index in [0.29, 0.717) is 22.3 Å². The van der Waals surface area contributed by atoms with Gasteiger partial charge in [0.2, 0.25) is 11.1 Å². The molecule has 1 aromatic heterocycles. The highest BCUT2D eigenvalue weighted by atomic mass is 32.2. The third-order valence-corrected chi connectivity index (χ3v) is 7.50. The Kier molecular flexibility index (Phi) is 4.53. The maximum absolute atomic E-state index is 12.3. The van der Waals surface area contributed by atoms with Crippen molar-refractivity contribution < 1.29 is 9.59 Å². The van der Waals surface area contributed by atoms with Crippen molar-refractivity contribution in [2.45, 2.75) is 57.0 Å². The minimum absolute atomic E-state index is 0.0215. The van der Waals surface area contributed by atoms with Gasteiger partial charge in [-0.1, -0.05) is 44.7 Å². The number of fused-ring (bicyclic) bond motifs is 5. The molecule has 1 heterocycles. The molecule has 1 aromatic carbocycles. The summed E-state index contributed by atoms with van der Waals surface area (Å²) in [5.41, 5.74) is 3.43. The molecule has 4 rings (SSSR count). The summed E-state index contributed by atoms with van der Waals surface area (Å²) in [4.78, 5) is 28.6. The van der Waals surface area contributed by atoms with Gasteiger partial charge in [0.15, 0.2) is 5.78 Å². The van der Waals surface area contributed by atoms with Crippen molar-refractivity contribution in [3.8, 4) is 0 Å². The number of aromatic nitrogens is 3. The Morgan fingerprint density at radius 1 is 1.25 bits per heavy atom. The molecule has 2 atom stereocenters. The number of Topliss-reactive ketones (excluding diaryl/α,β-unsaturated/α-hetero) is 1. The van der Waals surface area contributed by atoms with E-state index in [4.69, 9.17) is 4.98 Å². The molecule has 28 heavy (non-hydrogen) atoms. The van der Waals surface area contributed by atoms with Crippen LogP contribution in [0.4, 0.5) is 5.69 Å². The number of ketones is 1. The van der Waals surface area contributed by atoms with E-state index in [9.17, 15) is 9.59 Å². The Balaban J connectivity index is 1.44. The van der Waals surface area contributed by atoms with Crippen molar-refractivity contribution in [1.82, 2.24) is 15.2 Å². The molecule has 2 aliphatic carbocycles. The number of rotatable bonds is 5. The van der Waals surface area contributed by atoms with Crippen LogP contribution >= 0.6 is 11.8 Å². The number of benzene rings is 1. The summed E-state index contributed by atoms with van der Waals surface area (Å²) < 4.78 is 0. The van der Waals surface area contributed by atoms with Gasteiger partial charge in [0.05, 0.1) is 17.1 Å². The van der Waals surface area contributed by atoms with Gasteiger partial charge in [-0.3, -0.25) is 9.59 Å². The van der Waals surface area contributed by atoms with Crippen LogP contribution < -0.4 is 5.32 Å². The van der Waals surface area contributed by atoms with Crippen molar-refractivity contribution in [2.24, 2.45) is 5.41 Å². The van der Waals surface area contributed by atoms with Crippen LogP contribution in [0, 0.1) is 5.41 Å². The molecule has 6 nitrogen and oxygen atoms in total. The van der Waals surface area contributed by atoms with Crippen LogP contribution in [0.5, 0.6) is 0 Å². The number of nitrogens with zero attached hydrogens (tertiary/aromatic N) is 3. The molecule has 2 aromatic rings. The smallest absolute Gasteiger partial charge is 0.234 e. The van der Waals surface area contributed by atoms with Gasteiger partial charge in [-0.2, -0.15) is 5.10 Å². The zero-order chi connectivity index (χ0) is 20.1. The van der Waals surface area contributed by atoms with Crippen molar-refractivity contribution in [2.75, 3.05) is 11.1 Å². The van der Waals surface area contributed by atoms with Gasteiger partial charge in [0, 0.05) is 22.6 Å². The lowest BCUT2D eigenvalue weighted by Crippen LogP contribution is -2.32. The van der Waals surface area contributed by atoms with Crippen molar-refractivity contribution >= 4 is 29.1 Å². The first-order valence-electron chi connectivity index (χ1n) is 9.51. The molecule has 0 saturated heterocycles. The Morgan fingerprint density at radius 2 is 2.04 bits per heavy atom. The predicted molar refractivity (Wildman–Crippen MR) is 109 cm³/mol. The Morgan fingerprint density at radius 3 is 2.79 bits per heavy atom. The molecule has 0 unspecified atom stereocenters. The van der Waals surface area contributed by atoms with Crippen LogP contribution in [-0.2, 0) is 10.2 Å². The summed E-state index contributed by atoms with van der Waals surface area (Å²) >= 11 is 1.29. The summed E-state index contributed by atoms with van der Waals surface area (Å²) in [6.45, 7) is 8.37. The van der Waals surface area contributed by atoms with Crippen LogP contribution in [0.3, 0.4) is 0 Å². The summed E-state index contributed by atoms with van der Waals surface area (Å²) in [7, 11) is 0. The van der Waals surface area contributed by atoms with Crippen LogP contribution in [0.25, 0.3) is 0 Å². The third kappa shape index (κ3) is 2.92. The first-order chi connectivity index (χ1) is 13.2. The predicted octanol–water partition coefficient (Wildman–Crippen LogP) is 3.98. The minimum Gasteiger partial charge on any atom is -0.325 e. The Hall–Kier alpha value is -2.28. The molecular weight excluding hydrogens is 372 g/mol. The molecule has 1 fully saturated rings. The number of carbonyl (C=O) groups is 2. The van der Waals surface area contributed by atoms with E-state index in [1.165, 1.54) is 18.7 Å². The summed E-state index contributed by atoms with van der Waals surface area (Å²) in [6, 6.07) is 6.93.